The lowest BCUT2D eigenvalue weighted by molar-refractivity contribution is -0.134. The summed E-state index contributed by atoms with van der Waals surface area (Å²) in [6.07, 6.45) is 8.63. The Morgan fingerprint density at radius 1 is 1.28 bits per heavy atom. The standard InChI is InChI=1S/C24H21FN8O2.C2H4O2/c1-2-15-12-17(14-19(13-15)35-11-8-25)20(30-18-6-4-16(5-7-18)21(26)27)22-31-24(34)33(32-22)23-28-9-3-10-29-23;1-2(3)4/h1,3-7,9-10,12-14,20,30H,8,11H2,(H3,26,27)(H,31,32,34);1H3,(H,3,4). The number of terminal acetylenes is 1. The number of benzene rings is 2. The zero-order valence-corrected chi connectivity index (χ0v) is 20.8. The zero-order valence-electron chi connectivity index (χ0n) is 20.8. The molecule has 0 saturated heterocycles. The summed E-state index contributed by atoms with van der Waals surface area (Å²) in [7, 11) is 0. The molecule has 2 heterocycles. The van der Waals surface area contributed by atoms with Crippen molar-refractivity contribution in [3.63, 3.8) is 0 Å². The van der Waals surface area contributed by atoms with Crippen molar-refractivity contribution in [2.45, 2.75) is 13.0 Å². The number of carbonyl (C=O) groups is 1. The number of H-pyrrole nitrogens is 1. The van der Waals surface area contributed by atoms with Crippen LogP contribution in [-0.4, -0.2) is 54.9 Å². The molecular weight excluding hydrogens is 507 g/mol. The number of nitrogens with zero attached hydrogens (tertiary/aromatic N) is 4. The molecule has 0 aliphatic rings. The van der Waals surface area contributed by atoms with Crippen LogP contribution in [0.1, 0.15) is 35.5 Å². The van der Waals surface area contributed by atoms with Crippen LogP contribution in [0.3, 0.4) is 0 Å². The maximum absolute atomic E-state index is 12.7. The van der Waals surface area contributed by atoms with Crippen LogP contribution in [0, 0.1) is 17.8 Å². The highest BCUT2D eigenvalue weighted by atomic mass is 19.1. The number of halogens is 1. The second-order valence-corrected chi connectivity index (χ2v) is 7.84. The minimum atomic E-state index is -0.833. The number of hydrogen-bond acceptors (Lipinski definition) is 8. The Bertz CT molecular complexity index is 1520. The van der Waals surface area contributed by atoms with E-state index in [1.807, 2.05) is 0 Å². The molecule has 12 nitrogen and oxygen atoms in total. The second kappa shape index (κ2) is 13.2. The second-order valence-electron chi connectivity index (χ2n) is 7.84. The number of carboxylic acids is 1. The minimum Gasteiger partial charge on any atom is -0.491 e. The molecule has 0 saturated carbocycles. The summed E-state index contributed by atoms with van der Waals surface area (Å²) in [6.45, 7) is 0.295. The molecule has 200 valence electrons. The maximum Gasteiger partial charge on any atom is 0.350 e. The van der Waals surface area contributed by atoms with Crippen molar-refractivity contribution < 1.29 is 19.0 Å². The number of alkyl halides is 1. The molecule has 2 aromatic heterocycles. The summed E-state index contributed by atoms with van der Waals surface area (Å²) < 4.78 is 19.2. The van der Waals surface area contributed by atoms with Crippen LogP contribution in [0.25, 0.3) is 5.95 Å². The first-order valence-corrected chi connectivity index (χ1v) is 11.4. The van der Waals surface area contributed by atoms with Crippen LogP contribution in [0.2, 0.25) is 0 Å². The number of nitrogen functional groups attached to an aromatic ring is 1. The maximum atomic E-state index is 12.7. The Balaban J connectivity index is 0.000000983. The number of aliphatic carboxylic acids is 1. The molecule has 13 heteroatoms. The van der Waals surface area contributed by atoms with Gasteiger partial charge in [-0.3, -0.25) is 15.2 Å². The van der Waals surface area contributed by atoms with Gasteiger partial charge in [0, 0.05) is 36.1 Å². The van der Waals surface area contributed by atoms with E-state index >= 15 is 0 Å². The van der Waals surface area contributed by atoms with Gasteiger partial charge in [0.15, 0.2) is 5.82 Å². The lowest BCUT2D eigenvalue weighted by Crippen LogP contribution is -2.18. The summed E-state index contributed by atoms with van der Waals surface area (Å²) >= 11 is 0. The molecule has 2 aromatic carbocycles. The number of aromatic nitrogens is 5. The third-order valence-corrected chi connectivity index (χ3v) is 4.93. The number of amidine groups is 1. The van der Waals surface area contributed by atoms with Gasteiger partial charge in [-0.15, -0.1) is 16.2 Å². The SMILES string of the molecule is C#Cc1cc(OCCF)cc(C(Nc2ccc(C(=N)N)cc2)c2nn(-c3ncccn3)c(=O)[nH]2)c1.CC(=O)O. The van der Waals surface area contributed by atoms with Crippen LogP contribution in [0.5, 0.6) is 5.75 Å². The highest BCUT2D eigenvalue weighted by molar-refractivity contribution is 5.95. The number of carboxylic acid groups (broad SMARTS) is 1. The molecule has 0 fully saturated rings. The van der Waals surface area contributed by atoms with Gasteiger partial charge in [0.1, 0.15) is 30.9 Å². The summed E-state index contributed by atoms with van der Waals surface area (Å²) in [4.78, 5) is 32.6. The molecule has 1 unspecified atom stereocenters. The molecule has 0 radical (unpaired) electrons. The normalized spacial score (nSPS) is 10.9. The predicted molar refractivity (Wildman–Crippen MR) is 142 cm³/mol. The number of nitrogens with two attached hydrogens (primary N) is 1. The van der Waals surface area contributed by atoms with E-state index in [0.717, 1.165) is 11.6 Å². The van der Waals surface area contributed by atoms with Crippen LogP contribution < -0.4 is 21.5 Å². The first-order chi connectivity index (χ1) is 18.7. The minimum absolute atomic E-state index is 0.0598. The third-order valence-electron chi connectivity index (χ3n) is 4.93. The van der Waals surface area contributed by atoms with Crippen LogP contribution in [0.15, 0.2) is 65.7 Å². The molecule has 0 aliphatic carbocycles. The van der Waals surface area contributed by atoms with Gasteiger partial charge in [-0.25, -0.2) is 19.2 Å². The lowest BCUT2D eigenvalue weighted by Gasteiger charge is -2.20. The molecule has 1 atom stereocenters. The largest absolute Gasteiger partial charge is 0.491 e. The number of rotatable bonds is 9. The molecule has 6 N–H and O–H groups in total. The van der Waals surface area contributed by atoms with Gasteiger partial charge < -0.3 is 20.9 Å². The van der Waals surface area contributed by atoms with Crippen molar-refractivity contribution in [3.05, 3.63) is 93.9 Å². The molecule has 4 aromatic rings. The van der Waals surface area contributed by atoms with Gasteiger partial charge in [-0.1, -0.05) is 5.92 Å². The Morgan fingerprint density at radius 2 is 1.95 bits per heavy atom. The van der Waals surface area contributed by atoms with Crippen molar-refractivity contribution >= 4 is 17.5 Å². The molecule has 39 heavy (non-hydrogen) atoms. The van der Waals surface area contributed by atoms with Crippen molar-refractivity contribution in [3.8, 4) is 24.0 Å². The van der Waals surface area contributed by atoms with Gasteiger partial charge in [-0.05, 0) is 54.1 Å². The fourth-order valence-corrected chi connectivity index (χ4v) is 3.34. The van der Waals surface area contributed by atoms with E-state index in [4.69, 9.17) is 32.2 Å². The van der Waals surface area contributed by atoms with Crippen LogP contribution >= 0.6 is 0 Å². The lowest BCUT2D eigenvalue weighted by atomic mass is 10.0. The number of aromatic amines is 1. The van der Waals surface area contributed by atoms with Gasteiger partial charge >= 0.3 is 5.69 Å². The monoisotopic (exact) mass is 532 g/mol. The van der Waals surface area contributed by atoms with E-state index in [9.17, 15) is 9.18 Å². The summed E-state index contributed by atoms with van der Waals surface area (Å²) in [5.74, 6) is 2.40. The van der Waals surface area contributed by atoms with Crippen molar-refractivity contribution in [2.24, 2.45) is 5.73 Å². The molecule has 0 spiro atoms. The van der Waals surface area contributed by atoms with Crippen molar-refractivity contribution in [2.75, 3.05) is 18.6 Å². The van der Waals surface area contributed by atoms with E-state index in [0.29, 0.717) is 28.1 Å². The van der Waals surface area contributed by atoms with Crippen LogP contribution in [0.4, 0.5) is 10.1 Å². The Labute approximate surface area is 222 Å². The van der Waals surface area contributed by atoms with E-state index in [-0.39, 0.29) is 24.2 Å². The number of anilines is 1. The smallest absolute Gasteiger partial charge is 0.350 e. The highest BCUT2D eigenvalue weighted by Crippen LogP contribution is 2.29. The van der Waals surface area contributed by atoms with Crippen molar-refractivity contribution in [1.82, 2.24) is 24.7 Å². The summed E-state index contributed by atoms with van der Waals surface area (Å²) in [5.41, 5.74) is 7.34. The van der Waals surface area contributed by atoms with Gasteiger partial charge in [0.2, 0.25) is 0 Å². The first kappa shape index (κ1) is 28.1. The van der Waals surface area contributed by atoms with Crippen LogP contribution in [-0.2, 0) is 4.79 Å². The Hall–Kier alpha value is -5.51. The average Bonchev–Trinajstić information content (AvgIpc) is 3.31. The third kappa shape index (κ3) is 7.73. The molecule has 4 rings (SSSR count). The van der Waals surface area contributed by atoms with Gasteiger partial charge in [0.05, 0.1) is 0 Å². The Kier molecular flexibility index (Phi) is 9.47. The topological polar surface area (TPSA) is 185 Å². The fraction of sp³-hybridized carbons (Fsp3) is 0.154. The highest BCUT2D eigenvalue weighted by Gasteiger charge is 2.22. The quantitative estimate of drug-likeness (QED) is 0.122. The molecule has 0 bridgehead atoms. The Morgan fingerprint density at radius 3 is 2.54 bits per heavy atom. The van der Waals surface area contributed by atoms with E-state index in [2.05, 4.69) is 31.3 Å². The number of hydrogen-bond donors (Lipinski definition) is 5. The molecule has 0 amide bonds. The van der Waals surface area contributed by atoms with E-state index in [1.54, 1.807) is 48.5 Å². The van der Waals surface area contributed by atoms with Crippen molar-refractivity contribution in [1.29, 1.82) is 5.41 Å². The number of ether oxygens (including phenoxy) is 1. The van der Waals surface area contributed by atoms with Gasteiger partial charge in [0.25, 0.3) is 11.9 Å². The molecular formula is C26H25FN8O4. The van der Waals surface area contributed by atoms with E-state index < -0.39 is 24.4 Å². The molecule has 0 aliphatic heterocycles. The summed E-state index contributed by atoms with van der Waals surface area (Å²) in [6, 6.07) is 12.8. The predicted octanol–water partition coefficient (Wildman–Crippen LogP) is 2.26. The zero-order chi connectivity index (χ0) is 28.4. The van der Waals surface area contributed by atoms with E-state index in [1.165, 1.54) is 12.4 Å². The fourth-order valence-electron chi connectivity index (χ4n) is 3.34. The van der Waals surface area contributed by atoms with Gasteiger partial charge in [-0.2, -0.15) is 0 Å². The number of nitrogens with one attached hydrogen (secondary N) is 3. The first-order valence-electron chi connectivity index (χ1n) is 11.4. The summed E-state index contributed by atoms with van der Waals surface area (Å²) in [5, 5.41) is 22.7. The average molecular weight is 533 g/mol.